The van der Waals surface area contributed by atoms with E-state index >= 15 is 0 Å². The third-order valence-corrected chi connectivity index (χ3v) is 1.95. The van der Waals surface area contributed by atoms with Crippen LogP contribution in [0.5, 0.6) is 0 Å². The Morgan fingerprint density at radius 1 is 1.33 bits per heavy atom. The average molecular weight is 203 g/mol. The zero-order valence-electron chi connectivity index (χ0n) is 8.12. The van der Waals surface area contributed by atoms with Gasteiger partial charge in [-0.3, -0.25) is 4.98 Å². The Bertz CT molecular complexity index is 465. The Labute approximate surface area is 86.4 Å². The van der Waals surface area contributed by atoms with E-state index in [4.69, 9.17) is 0 Å². The number of pyridine rings is 1. The van der Waals surface area contributed by atoms with E-state index < -0.39 is 6.09 Å². The molecule has 0 aliphatic rings. The Morgan fingerprint density at radius 3 is 2.73 bits per heavy atom. The van der Waals surface area contributed by atoms with Crippen LogP contribution >= 0.6 is 0 Å². The molecule has 0 radical (unpaired) electrons. The minimum atomic E-state index is -0.459. The minimum absolute atomic E-state index is 0.459. The summed E-state index contributed by atoms with van der Waals surface area (Å²) < 4.78 is 5.97. The Hall–Kier alpha value is -2.17. The van der Waals surface area contributed by atoms with Gasteiger partial charge in [0, 0.05) is 30.4 Å². The summed E-state index contributed by atoms with van der Waals surface area (Å²) in [5.41, 5.74) is 0.820. The average Bonchev–Trinajstić information content (AvgIpc) is 2.78. The molecule has 0 N–H and O–H groups in total. The molecule has 5 nitrogen and oxygen atoms in total. The lowest BCUT2D eigenvalue weighted by Gasteiger charge is -2.03. The van der Waals surface area contributed by atoms with Gasteiger partial charge in [-0.25, -0.2) is 14.3 Å². The summed E-state index contributed by atoms with van der Waals surface area (Å²) in [7, 11) is 1.33. The summed E-state index contributed by atoms with van der Waals surface area (Å²) >= 11 is 0. The summed E-state index contributed by atoms with van der Waals surface area (Å²) in [6.07, 6.45) is 5.94. The first-order valence-corrected chi connectivity index (χ1v) is 4.35. The van der Waals surface area contributed by atoms with Gasteiger partial charge in [-0.15, -0.1) is 0 Å². The van der Waals surface area contributed by atoms with E-state index in [1.165, 1.54) is 11.7 Å². The van der Waals surface area contributed by atoms with Crippen LogP contribution in [0.1, 0.15) is 0 Å². The van der Waals surface area contributed by atoms with E-state index in [0.717, 1.165) is 5.56 Å². The van der Waals surface area contributed by atoms with Crippen molar-refractivity contribution in [2.45, 2.75) is 0 Å². The van der Waals surface area contributed by atoms with Crippen molar-refractivity contribution in [3.8, 4) is 11.4 Å². The molecule has 0 saturated carbocycles. The van der Waals surface area contributed by atoms with Crippen LogP contribution in [0.3, 0.4) is 0 Å². The number of carbonyl (C=O) groups excluding carboxylic acids is 1. The van der Waals surface area contributed by atoms with Crippen molar-refractivity contribution in [1.29, 1.82) is 0 Å². The Kier molecular flexibility index (Phi) is 2.45. The fraction of sp³-hybridized carbons (Fsp3) is 0.100. The van der Waals surface area contributed by atoms with Crippen LogP contribution in [0.4, 0.5) is 4.79 Å². The fourth-order valence-corrected chi connectivity index (χ4v) is 1.26. The Morgan fingerprint density at radius 2 is 2.07 bits per heavy atom. The normalized spacial score (nSPS) is 9.93. The lowest BCUT2D eigenvalue weighted by atomic mass is 10.2. The van der Waals surface area contributed by atoms with Gasteiger partial charge in [0.15, 0.2) is 0 Å². The molecule has 76 valence electrons. The summed E-state index contributed by atoms with van der Waals surface area (Å²) in [6, 6.07) is 3.56. The quantitative estimate of drug-likeness (QED) is 0.705. The third-order valence-electron chi connectivity index (χ3n) is 1.95. The van der Waals surface area contributed by atoms with Gasteiger partial charge in [0.2, 0.25) is 0 Å². The molecule has 0 spiro atoms. The molecule has 0 amide bonds. The maximum absolute atomic E-state index is 11.4. The van der Waals surface area contributed by atoms with Crippen molar-refractivity contribution in [2.24, 2.45) is 0 Å². The second-order valence-electron chi connectivity index (χ2n) is 2.83. The number of nitrogens with zero attached hydrogens (tertiary/aromatic N) is 3. The van der Waals surface area contributed by atoms with Gasteiger partial charge in [0.25, 0.3) is 0 Å². The number of hydrogen-bond acceptors (Lipinski definition) is 4. The standard InChI is InChI=1S/C10H9N3O2/c1-15-10(14)13-7-6-12-9(13)8-2-4-11-5-3-8/h2-7H,1H3. The van der Waals surface area contributed by atoms with E-state index in [-0.39, 0.29) is 0 Å². The lowest BCUT2D eigenvalue weighted by molar-refractivity contribution is 0.173. The minimum Gasteiger partial charge on any atom is -0.452 e. The van der Waals surface area contributed by atoms with Crippen LogP contribution in [0, 0.1) is 0 Å². The summed E-state index contributed by atoms with van der Waals surface area (Å²) in [6.45, 7) is 0. The van der Waals surface area contributed by atoms with Crippen molar-refractivity contribution in [1.82, 2.24) is 14.5 Å². The van der Waals surface area contributed by atoms with Crippen molar-refractivity contribution in [2.75, 3.05) is 7.11 Å². The molecule has 0 aromatic carbocycles. The molecule has 0 aliphatic carbocycles. The fourth-order valence-electron chi connectivity index (χ4n) is 1.26. The maximum Gasteiger partial charge on any atom is 0.419 e. The molecular weight excluding hydrogens is 194 g/mol. The molecule has 2 aromatic rings. The summed E-state index contributed by atoms with van der Waals surface area (Å²) in [5.74, 6) is 0.546. The zero-order chi connectivity index (χ0) is 10.7. The smallest absolute Gasteiger partial charge is 0.419 e. The second-order valence-corrected chi connectivity index (χ2v) is 2.83. The maximum atomic E-state index is 11.4. The van der Waals surface area contributed by atoms with Gasteiger partial charge in [0.05, 0.1) is 7.11 Å². The van der Waals surface area contributed by atoms with Gasteiger partial charge in [-0.05, 0) is 12.1 Å². The molecule has 2 rings (SSSR count). The van der Waals surface area contributed by atoms with Crippen molar-refractivity contribution < 1.29 is 9.53 Å². The topological polar surface area (TPSA) is 57.0 Å². The summed E-state index contributed by atoms with van der Waals surface area (Å²) in [5, 5.41) is 0. The largest absolute Gasteiger partial charge is 0.452 e. The van der Waals surface area contributed by atoms with E-state index in [2.05, 4.69) is 14.7 Å². The predicted octanol–water partition coefficient (Wildman–Crippen LogP) is 1.56. The first-order valence-electron chi connectivity index (χ1n) is 4.35. The molecule has 0 fully saturated rings. The first kappa shape index (κ1) is 9.39. The molecular formula is C10H9N3O2. The number of carbonyl (C=O) groups is 1. The summed E-state index contributed by atoms with van der Waals surface area (Å²) in [4.78, 5) is 19.3. The molecule has 0 atom stereocenters. The number of aromatic nitrogens is 3. The van der Waals surface area contributed by atoms with Gasteiger partial charge >= 0.3 is 6.09 Å². The highest BCUT2D eigenvalue weighted by Gasteiger charge is 2.11. The molecule has 0 unspecified atom stereocenters. The highest BCUT2D eigenvalue weighted by atomic mass is 16.5. The van der Waals surface area contributed by atoms with Gasteiger partial charge in [0.1, 0.15) is 5.82 Å². The van der Waals surface area contributed by atoms with Crippen molar-refractivity contribution in [3.63, 3.8) is 0 Å². The monoisotopic (exact) mass is 203 g/mol. The SMILES string of the molecule is COC(=O)n1ccnc1-c1ccncc1. The van der Waals surface area contributed by atoms with Crippen LogP contribution in [0.2, 0.25) is 0 Å². The van der Waals surface area contributed by atoms with Crippen LogP contribution in [-0.2, 0) is 4.74 Å². The van der Waals surface area contributed by atoms with E-state index in [1.807, 2.05) is 0 Å². The van der Waals surface area contributed by atoms with Crippen LogP contribution < -0.4 is 0 Å². The number of hydrogen-bond donors (Lipinski definition) is 0. The van der Waals surface area contributed by atoms with Crippen molar-refractivity contribution >= 4 is 6.09 Å². The van der Waals surface area contributed by atoms with Crippen LogP contribution in [0.25, 0.3) is 11.4 Å². The van der Waals surface area contributed by atoms with E-state index in [1.54, 1.807) is 36.9 Å². The molecule has 0 saturated heterocycles. The van der Waals surface area contributed by atoms with Crippen molar-refractivity contribution in [3.05, 3.63) is 36.9 Å². The zero-order valence-corrected chi connectivity index (χ0v) is 8.12. The highest BCUT2D eigenvalue weighted by molar-refractivity contribution is 5.76. The molecule has 0 bridgehead atoms. The number of imidazole rings is 1. The van der Waals surface area contributed by atoms with Crippen LogP contribution in [-0.4, -0.2) is 27.7 Å². The molecule has 5 heteroatoms. The number of ether oxygens (including phenoxy) is 1. The number of rotatable bonds is 1. The molecule has 15 heavy (non-hydrogen) atoms. The number of methoxy groups -OCH3 is 1. The molecule has 2 heterocycles. The Balaban J connectivity index is 2.46. The van der Waals surface area contributed by atoms with Crippen LogP contribution in [0.15, 0.2) is 36.9 Å². The highest BCUT2D eigenvalue weighted by Crippen LogP contribution is 2.15. The predicted molar refractivity (Wildman–Crippen MR) is 53.3 cm³/mol. The molecule has 0 aliphatic heterocycles. The molecule has 2 aromatic heterocycles. The first-order chi connectivity index (χ1) is 7.33. The van der Waals surface area contributed by atoms with Gasteiger partial charge in [-0.1, -0.05) is 0 Å². The second kappa shape index (κ2) is 3.91. The third kappa shape index (κ3) is 1.71. The van der Waals surface area contributed by atoms with Gasteiger partial charge < -0.3 is 4.74 Å². The van der Waals surface area contributed by atoms with Gasteiger partial charge in [-0.2, -0.15) is 0 Å². The van der Waals surface area contributed by atoms with E-state index in [0.29, 0.717) is 5.82 Å². The van der Waals surface area contributed by atoms with E-state index in [9.17, 15) is 4.79 Å². The lowest BCUT2D eigenvalue weighted by Crippen LogP contribution is -2.11.